The van der Waals surface area contributed by atoms with Gasteiger partial charge in [-0.2, -0.15) is 5.10 Å². The van der Waals surface area contributed by atoms with Gasteiger partial charge < -0.3 is 9.47 Å². The first-order valence-electron chi connectivity index (χ1n) is 8.53. The number of methoxy groups -OCH3 is 1. The van der Waals surface area contributed by atoms with Gasteiger partial charge in [0.25, 0.3) is 0 Å². The third-order valence-electron chi connectivity index (χ3n) is 3.75. The molecule has 0 spiro atoms. The molecule has 0 aliphatic carbocycles. The summed E-state index contributed by atoms with van der Waals surface area (Å²) in [7, 11) is 1.33. The van der Waals surface area contributed by atoms with Crippen LogP contribution in [0.5, 0.6) is 11.5 Å². The minimum absolute atomic E-state index is 0.0311. The number of hydrogen-bond donors (Lipinski definition) is 1. The van der Waals surface area contributed by atoms with Crippen molar-refractivity contribution in [3.05, 3.63) is 56.6 Å². The number of carbonyl (C=O) groups excluding carboxylic acids is 1. The molecule has 2 rings (SSSR count). The Bertz CT molecular complexity index is 936. The SMILES string of the molecule is CCOc1cc(/C=N\NC(=O)Cc2cc(Cl)ccc2SC)cc([N+](=O)[O-])c1OC. The second-order valence-electron chi connectivity index (χ2n) is 5.69. The van der Waals surface area contributed by atoms with Crippen molar-refractivity contribution in [1.82, 2.24) is 5.43 Å². The molecule has 0 radical (unpaired) electrons. The van der Waals surface area contributed by atoms with Crippen molar-refractivity contribution in [2.24, 2.45) is 5.10 Å². The molecule has 0 unspecified atom stereocenters. The molecule has 10 heteroatoms. The monoisotopic (exact) mass is 437 g/mol. The fourth-order valence-electron chi connectivity index (χ4n) is 2.56. The fourth-order valence-corrected chi connectivity index (χ4v) is 3.35. The Kier molecular flexibility index (Phi) is 8.29. The minimum Gasteiger partial charge on any atom is -0.490 e. The quantitative estimate of drug-likeness (QED) is 0.274. The molecule has 0 heterocycles. The fraction of sp³-hybridized carbons (Fsp3) is 0.263. The number of benzene rings is 2. The molecule has 1 amide bonds. The second kappa shape index (κ2) is 10.7. The maximum Gasteiger partial charge on any atom is 0.315 e. The Hall–Kier alpha value is -2.78. The lowest BCUT2D eigenvalue weighted by atomic mass is 10.1. The maximum absolute atomic E-state index is 12.2. The van der Waals surface area contributed by atoms with Crippen molar-refractivity contribution in [2.75, 3.05) is 20.0 Å². The number of nitrogens with zero attached hydrogens (tertiary/aromatic N) is 2. The summed E-state index contributed by atoms with van der Waals surface area (Å²) in [5.41, 5.74) is 3.33. The Balaban J connectivity index is 2.16. The van der Waals surface area contributed by atoms with E-state index in [-0.39, 0.29) is 29.5 Å². The van der Waals surface area contributed by atoms with Crippen molar-refractivity contribution < 1.29 is 19.2 Å². The van der Waals surface area contributed by atoms with E-state index in [0.29, 0.717) is 17.2 Å². The summed E-state index contributed by atoms with van der Waals surface area (Å²) < 4.78 is 10.5. The van der Waals surface area contributed by atoms with Crippen LogP contribution >= 0.6 is 23.4 Å². The molecule has 0 saturated carbocycles. The van der Waals surface area contributed by atoms with Crippen LogP contribution in [0.25, 0.3) is 0 Å². The number of nitrogens with one attached hydrogen (secondary N) is 1. The number of amides is 1. The zero-order valence-electron chi connectivity index (χ0n) is 16.1. The first kappa shape index (κ1) is 22.5. The zero-order valence-corrected chi connectivity index (χ0v) is 17.7. The van der Waals surface area contributed by atoms with Gasteiger partial charge in [-0.25, -0.2) is 5.43 Å². The van der Waals surface area contributed by atoms with Crippen molar-refractivity contribution >= 4 is 41.2 Å². The first-order chi connectivity index (χ1) is 13.9. The predicted octanol–water partition coefficient (Wildman–Crippen LogP) is 4.07. The van der Waals surface area contributed by atoms with Crippen molar-refractivity contribution in [3.63, 3.8) is 0 Å². The van der Waals surface area contributed by atoms with E-state index >= 15 is 0 Å². The van der Waals surface area contributed by atoms with Crippen LogP contribution in [-0.2, 0) is 11.2 Å². The molecule has 154 valence electrons. The van der Waals surface area contributed by atoms with E-state index < -0.39 is 4.92 Å². The number of rotatable bonds is 9. The normalized spacial score (nSPS) is 10.8. The van der Waals surface area contributed by atoms with Gasteiger partial charge in [-0.15, -0.1) is 11.8 Å². The van der Waals surface area contributed by atoms with Gasteiger partial charge in [0.05, 0.1) is 31.3 Å². The molecule has 0 aliphatic rings. The first-order valence-corrected chi connectivity index (χ1v) is 10.1. The van der Waals surface area contributed by atoms with Crippen LogP contribution in [0.15, 0.2) is 40.3 Å². The average molecular weight is 438 g/mol. The van der Waals surface area contributed by atoms with Crippen LogP contribution in [0.2, 0.25) is 5.02 Å². The molecule has 29 heavy (non-hydrogen) atoms. The number of ether oxygens (including phenoxy) is 2. The van der Waals surface area contributed by atoms with Gasteiger partial charge in [-0.05, 0) is 43.0 Å². The van der Waals surface area contributed by atoms with Gasteiger partial charge in [-0.3, -0.25) is 14.9 Å². The van der Waals surface area contributed by atoms with Crippen LogP contribution in [-0.4, -0.2) is 37.0 Å². The van der Waals surface area contributed by atoms with Gasteiger partial charge in [0.1, 0.15) is 0 Å². The lowest BCUT2D eigenvalue weighted by Gasteiger charge is -2.10. The number of thioether (sulfide) groups is 1. The van der Waals surface area contributed by atoms with Gasteiger partial charge >= 0.3 is 5.69 Å². The molecule has 0 bridgehead atoms. The summed E-state index contributed by atoms with van der Waals surface area (Å²) in [4.78, 5) is 23.9. The molecular formula is C19H20ClN3O5S. The number of carbonyl (C=O) groups is 1. The van der Waals surface area contributed by atoms with Crippen LogP contribution in [0.1, 0.15) is 18.1 Å². The van der Waals surface area contributed by atoms with Crippen LogP contribution in [0, 0.1) is 10.1 Å². The highest BCUT2D eigenvalue weighted by Crippen LogP contribution is 2.37. The van der Waals surface area contributed by atoms with Crippen molar-refractivity contribution in [1.29, 1.82) is 0 Å². The summed E-state index contributed by atoms with van der Waals surface area (Å²) in [6.45, 7) is 2.06. The van der Waals surface area contributed by atoms with Gasteiger partial charge in [0.2, 0.25) is 11.7 Å². The van der Waals surface area contributed by atoms with Crippen LogP contribution < -0.4 is 14.9 Å². The van der Waals surface area contributed by atoms with E-state index in [0.717, 1.165) is 10.5 Å². The third kappa shape index (κ3) is 6.10. The predicted molar refractivity (Wildman–Crippen MR) is 113 cm³/mol. The van der Waals surface area contributed by atoms with E-state index in [2.05, 4.69) is 10.5 Å². The van der Waals surface area contributed by atoms with E-state index in [4.69, 9.17) is 21.1 Å². The Morgan fingerprint density at radius 2 is 2.14 bits per heavy atom. The summed E-state index contributed by atoms with van der Waals surface area (Å²) >= 11 is 7.51. The average Bonchev–Trinajstić information content (AvgIpc) is 2.68. The number of nitro groups is 1. The van der Waals surface area contributed by atoms with Crippen LogP contribution in [0.4, 0.5) is 5.69 Å². The largest absolute Gasteiger partial charge is 0.490 e. The topological polar surface area (TPSA) is 103 Å². The molecule has 0 atom stereocenters. The molecule has 8 nitrogen and oxygen atoms in total. The molecule has 0 fully saturated rings. The van der Waals surface area contributed by atoms with Gasteiger partial charge in [0.15, 0.2) is 5.75 Å². The highest BCUT2D eigenvalue weighted by atomic mass is 35.5. The standard InChI is InChI=1S/C19H20ClN3O5S/c1-4-28-16-8-12(7-15(23(25)26)19(16)27-2)11-21-22-18(24)10-13-9-14(20)5-6-17(13)29-3/h5-9,11H,4,10H2,1-3H3,(H,22,24)/b21-11-. The molecule has 0 saturated heterocycles. The lowest BCUT2D eigenvalue weighted by molar-refractivity contribution is -0.385. The Morgan fingerprint density at radius 1 is 1.38 bits per heavy atom. The Morgan fingerprint density at radius 3 is 2.76 bits per heavy atom. The smallest absolute Gasteiger partial charge is 0.315 e. The van der Waals surface area contributed by atoms with E-state index in [9.17, 15) is 14.9 Å². The Labute approximate surface area is 177 Å². The summed E-state index contributed by atoms with van der Waals surface area (Å²) in [5, 5.41) is 15.7. The third-order valence-corrected chi connectivity index (χ3v) is 4.83. The highest BCUT2D eigenvalue weighted by Gasteiger charge is 2.21. The molecule has 1 N–H and O–H groups in total. The number of hydrazone groups is 1. The number of nitro benzene ring substituents is 1. The molecular weight excluding hydrogens is 418 g/mol. The summed E-state index contributed by atoms with van der Waals surface area (Å²) in [5.74, 6) is -0.0871. The number of halogens is 1. The van der Waals surface area contributed by atoms with E-state index in [1.165, 1.54) is 31.2 Å². The zero-order chi connectivity index (χ0) is 21.4. The van der Waals surface area contributed by atoms with E-state index in [1.54, 1.807) is 25.1 Å². The molecule has 2 aromatic carbocycles. The second-order valence-corrected chi connectivity index (χ2v) is 6.97. The van der Waals surface area contributed by atoms with E-state index in [1.807, 2.05) is 12.3 Å². The number of hydrogen-bond acceptors (Lipinski definition) is 7. The lowest BCUT2D eigenvalue weighted by Crippen LogP contribution is -2.20. The molecule has 2 aromatic rings. The van der Waals surface area contributed by atoms with Gasteiger partial charge in [-0.1, -0.05) is 11.6 Å². The van der Waals surface area contributed by atoms with Gasteiger partial charge in [0, 0.05) is 21.5 Å². The van der Waals surface area contributed by atoms with Crippen LogP contribution in [0.3, 0.4) is 0 Å². The van der Waals surface area contributed by atoms with Crippen molar-refractivity contribution in [3.8, 4) is 11.5 Å². The molecule has 0 aliphatic heterocycles. The summed E-state index contributed by atoms with van der Waals surface area (Å²) in [6, 6.07) is 8.19. The van der Waals surface area contributed by atoms with Crippen molar-refractivity contribution in [2.45, 2.75) is 18.2 Å². The molecule has 0 aromatic heterocycles. The summed E-state index contributed by atoms with van der Waals surface area (Å²) in [6.07, 6.45) is 3.32. The highest BCUT2D eigenvalue weighted by molar-refractivity contribution is 7.98. The maximum atomic E-state index is 12.2. The minimum atomic E-state index is -0.569.